The fourth-order valence-corrected chi connectivity index (χ4v) is 4.06. The highest BCUT2D eigenvalue weighted by Crippen LogP contribution is 2.41. The molecule has 0 unspecified atom stereocenters. The van der Waals surface area contributed by atoms with E-state index in [2.05, 4.69) is 4.74 Å². The van der Waals surface area contributed by atoms with Crippen LogP contribution in [0, 0.1) is 35.0 Å². The minimum Gasteiger partial charge on any atom is -0.429 e. The second-order valence-electron chi connectivity index (χ2n) is 7.85. The molecule has 2 aromatic rings. The number of hydrogen-bond acceptors (Lipinski definition) is 2. The highest BCUT2D eigenvalue weighted by molar-refractivity contribution is 5.33. The predicted octanol–water partition coefficient (Wildman–Crippen LogP) is 7.21. The van der Waals surface area contributed by atoms with Crippen molar-refractivity contribution in [3.8, 4) is 5.75 Å². The summed E-state index contributed by atoms with van der Waals surface area (Å²) in [6.07, 6.45) is -0.800. The summed E-state index contributed by atoms with van der Waals surface area (Å²) in [5.74, 6) is -9.54. The van der Waals surface area contributed by atoms with Crippen molar-refractivity contribution in [3.05, 3.63) is 64.5 Å². The molecule has 9 heteroatoms. The third-order valence-corrected chi connectivity index (χ3v) is 5.79. The molecule has 1 fully saturated rings. The Hall–Kier alpha value is -2.29. The summed E-state index contributed by atoms with van der Waals surface area (Å²) in [5.41, 5.74) is -1.42. The lowest BCUT2D eigenvalue weighted by Gasteiger charge is -2.29. The Kier molecular flexibility index (Phi) is 7.69. The van der Waals surface area contributed by atoms with Gasteiger partial charge in [0.05, 0.1) is 0 Å². The largest absolute Gasteiger partial charge is 0.429 e. The van der Waals surface area contributed by atoms with Crippen molar-refractivity contribution in [1.82, 2.24) is 0 Å². The van der Waals surface area contributed by atoms with E-state index in [1.54, 1.807) is 0 Å². The first-order valence-electron chi connectivity index (χ1n) is 10.4. The molecule has 32 heavy (non-hydrogen) atoms. The van der Waals surface area contributed by atoms with E-state index in [4.69, 9.17) is 4.74 Å². The Labute approximate surface area is 181 Å². The van der Waals surface area contributed by atoms with Crippen molar-refractivity contribution in [3.63, 3.8) is 0 Å². The van der Waals surface area contributed by atoms with Crippen LogP contribution in [0.25, 0.3) is 0 Å². The van der Waals surface area contributed by atoms with Gasteiger partial charge < -0.3 is 9.47 Å². The first kappa shape index (κ1) is 24.4. The molecule has 176 valence electrons. The van der Waals surface area contributed by atoms with Crippen molar-refractivity contribution in [2.75, 3.05) is 13.2 Å². The smallest absolute Gasteiger partial charge is 0.429 e. The van der Waals surface area contributed by atoms with Crippen LogP contribution in [0.4, 0.5) is 30.7 Å². The third kappa shape index (κ3) is 5.36. The number of benzene rings is 2. The maximum Gasteiger partial charge on any atom is 0.429 e. The average molecular weight is 464 g/mol. The first-order chi connectivity index (χ1) is 15.1. The molecule has 1 aliphatic rings. The van der Waals surface area contributed by atoms with Crippen LogP contribution >= 0.6 is 0 Å². The molecule has 0 radical (unpaired) electrons. The predicted molar refractivity (Wildman–Crippen MR) is 103 cm³/mol. The second kappa shape index (κ2) is 10.1. The lowest BCUT2D eigenvalue weighted by Crippen LogP contribution is -2.25. The summed E-state index contributed by atoms with van der Waals surface area (Å²) >= 11 is 0. The van der Waals surface area contributed by atoms with Gasteiger partial charge in [0.25, 0.3) is 0 Å². The second-order valence-corrected chi connectivity index (χ2v) is 7.85. The molecule has 0 amide bonds. The monoisotopic (exact) mass is 464 g/mol. The Morgan fingerprint density at radius 2 is 1.50 bits per heavy atom. The summed E-state index contributed by atoms with van der Waals surface area (Å²) in [5, 5.41) is 0. The molecule has 2 aromatic carbocycles. The highest BCUT2D eigenvalue weighted by atomic mass is 19.3. The van der Waals surface area contributed by atoms with Gasteiger partial charge in [0.15, 0.2) is 29.1 Å². The van der Waals surface area contributed by atoms with Crippen LogP contribution in [-0.2, 0) is 10.8 Å². The number of ether oxygens (including phenoxy) is 2. The maximum absolute atomic E-state index is 14.7. The van der Waals surface area contributed by atoms with Gasteiger partial charge in [0.2, 0.25) is 0 Å². The fraction of sp³-hybridized carbons (Fsp3) is 0.478. The van der Waals surface area contributed by atoms with Crippen LogP contribution in [-0.4, -0.2) is 13.2 Å². The molecule has 0 heterocycles. The summed E-state index contributed by atoms with van der Waals surface area (Å²) in [7, 11) is 0. The Balaban J connectivity index is 1.74. The van der Waals surface area contributed by atoms with Crippen molar-refractivity contribution in [2.45, 2.75) is 51.1 Å². The molecule has 0 aliphatic heterocycles. The van der Waals surface area contributed by atoms with Gasteiger partial charge in [-0.2, -0.15) is 8.78 Å². The van der Waals surface area contributed by atoms with E-state index in [1.807, 2.05) is 6.92 Å². The van der Waals surface area contributed by atoms with E-state index in [0.29, 0.717) is 38.0 Å². The maximum atomic E-state index is 14.7. The van der Waals surface area contributed by atoms with Crippen molar-refractivity contribution in [2.24, 2.45) is 5.92 Å². The molecule has 1 aliphatic carbocycles. The van der Waals surface area contributed by atoms with Gasteiger partial charge in [-0.05, 0) is 62.5 Å². The number of hydrogen-bond donors (Lipinski definition) is 0. The van der Waals surface area contributed by atoms with Crippen LogP contribution < -0.4 is 4.74 Å². The topological polar surface area (TPSA) is 18.5 Å². The summed E-state index contributed by atoms with van der Waals surface area (Å²) < 4.78 is 107. The Bertz CT molecular complexity index is 917. The zero-order valence-electron chi connectivity index (χ0n) is 17.4. The molecule has 0 N–H and O–H groups in total. The summed E-state index contributed by atoms with van der Waals surface area (Å²) in [6.45, 7) is 3.18. The standard InChI is InChI=1S/C23H23F7O2/c1-2-31-10-9-13-3-5-14(6-4-13)16-7-8-17(21(27)20(16)26)23(29,30)32-15-11-18(24)22(28)19(25)12-15/h7-8,11-14H,2-6,9-10H2,1H3. The van der Waals surface area contributed by atoms with E-state index < -0.39 is 46.5 Å². The van der Waals surface area contributed by atoms with E-state index in [-0.39, 0.29) is 23.6 Å². The average Bonchev–Trinajstić information content (AvgIpc) is 2.74. The van der Waals surface area contributed by atoms with Crippen molar-refractivity contribution < 1.29 is 40.2 Å². The van der Waals surface area contributed by atoms with Gasteiger partial charge in [0, 0.05) is 25.3 Å². The minimum atomic E-state index is -4.45. The molecule has 0 bridgehead atoms. The Morgan fingerprint density at radius 1 is 0.875 bits per heavy atom. The van der Waals surface area contributed by atoms with Gasteiger partial charge in [-0.3, -0.25) is 0 Å². The number of alkyl halides is 2. The zero-order chi connectivity index (χ0) is 23.5. The van der Waals surface area contributed by atoms with E-state index in [9.17, 15) is 30.7 Å². The molecule has 1 saturated carbocycles. The van der Waals surface area contributed by atoms with Crippen LogP contribution in [0.5, 0.6) is 5.75 Å². The van der Waals surface area contributed by atoms with E-state index in [1.165, 1.54) is 0 Å². The van der Waals surface area contributed by atoms with Gasteiger partial charge in [-0.25, -0.2) is 22.0 Å². The SMILES string of the molecule is CCOCCC1CCC(c2ccc(C(F)(F)Oc3cc(F)c(F)c(F)c3)c(F)c2F)CC1. The van der Waals surface area contributed by atoms with Crippen LogP contribution in [0.15, 0.2) is 24.3 Å². The molecule has 0 spiro atoms. The van der Waals surface area contributed by atoms with Crippen LogP contribution in [0.1, 0.15) is 56.1 Å². The third-order valence-electron chi connectivity index (χ3n) is 5.79. The van der Waals surface area contributed by atoms with Crippen LogP contribution in [0.2, 0.25) is 0 Å². The van der Waals surface area contributed by atoms with Gasteiger partial charge in [-0.1, -0.05) is 6.07 Å². The molecule has 2 nitrogen and oxygen atoms in total. The van der Waals surface area contributed by atoms with E-state index in [0.717, 1.165) is 25.3 Å². The summed E-state index contributed by atoms with van der Waals surface area (Å²) in [6, 6.07) is 2.17. The van der Waals surface area contributed by atoms with E-state index >= 15 is 0 Å². The lowest BCUT2D eigenvalue weighted by molar-refractivity contribution is -0.188. The van der Waals surface area contributed by atoms with Crippen molar-refractivity contribution in [1.29, 1.82) is 0 Å². The zero-order valence-corrected chi connectivity index (χ0v) is 17.4. The minimum absolute atomic E-state index is 0.00387. The molecular formula is C23H23F7O2. The molecular weight excluding hydrogens is 441 g/mol. The first-order valence-corrected chi connectivity index (χ1v) is 10.4. The molecule has 0 saturated heterocycles. The number of rotatable bonds is 8. The summed E-state index contributed by atoms with van der Waals surface area (Å²) in [4.78, 5) is 0. The lowest BCUT2D eigenvalue weighted by atomic mass is 9.77. The van der Waals surface area contributed by atoms with Crippen LogP contribution in [0.3, 0.4) is 0 Å². The molecule has 3 rings (SSSR count). The molecule has 0 atom stereocenters. The van der Waals surface area contributed by atoms with Crippen molar-refractivity contribution >= 4 is 0 Å². The van der Waals surface area contributed by atoms with Gasteiger partial charge in [0.1, 0.15) is 11.3 Å². The Morgan fingerprint density at radius 3 is 2.09 bits per heavy atom. The van der Waals surface area contributed by atoms with Gasteiger partial charge in [-0.15, -0.1) is 0 Å². The highest BCUT2D eigenvalue weighted by Gasteiger charge is 2.40. The number of halogens is 7. The fourth-order valence-electron chi connectivity index (χ4n) is 4.06. The molecule has 0 aromatic heterocycles. The normalized spacial score (nSPS) is 19.2. The quantitative estimate of drug-likeness (QED) is 0.234. The van der Waals surface area contributed by atoms with Gasteiger partial charge >= 0.3 is 6.11 Å².